The summed E-state index contributed by atoms with van der Waals surface area (Å²) in [6.45, 7) is 4.68. The fraction of sp³-hybridized carbons (Fsp3) is 0.190. The van der Waals surface area contributed by atoms with Gasteiger partial charge in [0, 0.05) is 33.4 Å². The van der Waals surface area contributed by atoms with Crippen LogP contribution in [0, 0.1) is 13.8 Å². The quantitative estimate of drug-likeness (QED) is 0.470. The summed E-state index contributed by atoms with van der Waals surface area (Å²) in [4.78, 5) is 19.0. The summed E-state index contributed by atoms with van der Waals surface area (Å²) in [5, 5.41) is 7.63. The number of benzene rings is 2. The molecule has 4 aromatic rings. The van der Waals surface area contributed by atoms with Crippen LogP contribution in [0.15, 0.2) is 53.0 Å². The van der Waals surface area contributed by atoms with Gasteiger partial charge in [-0.05, 0) is 38.1 Å². The Labute approximate surface area is 175 Å². The number of nitrogens with zero attached hydrogens (tertiary/aromatic N) is 3. The molecule has 0 saturated carbocycles. The van der Waals surface area contributed by atoms with Gasteiger partial charge < -0.3 is 5.32 Å². The summed E-state index contributed by atoms with van der Waals surface area (Å²) in [6.07, 6.45) is 0.754. The van der Waals surface area contributed by atoms with Crippen molar-refractivity contribution in [2.75, 3.05) is 6.54 Å². The molecular weight excluding hydrogens is 436 g/mol. The number of rotatable bonds is 5. The van der Waals surface area contributed by atoms with Crippen LogP contribution in [0.25, 0.3) is 16.3 Å². The van der Waals surface area contributed by atoms with Crippen LogP contribution in [0.3, 0.4) is 0 Å². The second kappa shape index (κ2) is 7.85. The van der Waals surface area contributed by atoms with E-state index in [1.807, 2.05) is 35.7 Å². The molecule has 0 aliphatic rings. The van der Waals surface area contributed by atoms with Gasteiger partial charge in [-0.15, -0.1) is 5.10 Å². The minimum atomic E-state index is -0.0636. The summed E-state index contributed by atoms with van der Waals surface area (Å²) >= 11 is 5.00. The molecule has 0 saturated heterocycles. The first-order valence-corrected chi connectivity index (χ1v) is 10.6. The minimum Gasteiger partial charge on any atom is -0.352 e. The van der Waals surface area contributed by atoms with E-state index < -0.39 is 0 Å². The number of carbonyl (C=O) groups is 1. The molecule has 7 heteroatoms. The van der Waals surface area contributed by atoms with E-state index in [4.69, 9.17) is 0 Å². The van der Waals surface area contributed by atoms with Crippen LogP contribution in [-0.2, 0) is 6.42 Å². The molecule has 2 aromatic heterocycles. The maximum Gasteiger partial charge on any atom is 0.251 e. The van der Waals surface area contributed by atoms with Crippen molar-refractivity contribution in [1.82, 2.24) is 19.9 Å². The van der Waals surface area contributed by atoms with Crippen molar-refractivity contribution in [2.24, 2.45) is 0 Å². The Hall–Kier alpha value is -2.51. The third-order valence-electron chi connectivity index (χ3n) is 4.57. The summed E-state index contributed by atoms with van der Waals surface area (Å²) in [5.74, 6) is 0.677. The van der Waals surface area contributed by atoms with Gasteiger partial charge in [0.1, 0.15) is 0 Å². The van der Waals surface area contributed by atoms with E-state index in [9.17, 15) is 4.79 Å². The minimum absolute atomic E-state index is 0.0636. The first kappa shape index (κ1) is 18.8. The van der Waals surface area contributed by atoms with Crippen LogP contribution in [0.1, 0.15) is 26.5 Å². The molecule has 28 heavy (non-hydrogen) atoms. The maximum absolute atomic E-state index is 12.2. The molecule has 142 valence electrons. The Kier molecular flexibility index (Phi) is 5.28. The summed E-state index contributed by atoms with van der Waals surface area (Å²) < 4.78 is 2.85. The highest BCUT2D eigenvalue weighted by molar-refractivity contribution is 9.10. The summed E-state index contributed by atoms with van der Waals surface area (Å²) in [5.41, 5.74) is 3.96. The van der Waals surface area contributed by atoms with Gasteiger partial charge in [-0.2, -0.15) is 4.98 Å². The maximum atomic E-state index is 12.2. The Morgan fingerprint density at radius 1 is 1.11 bits per heavy atom. The zero-order chi connectivity index (χ0) is 19.7. The van der Waals surface area contributed by atoms with E-state index in [-0.39, 0.29) is 5.91 Å². The third-order valence-corrected chi connectivity index (χ3v) is 6.29. The normalized spacial score (nSPS) is 11.1. The molecule has 1 N–H and O–H groups in total. The standard InChI is InChI=1S/C21H19BrN4OS/c1-13-3-5-15(6-4-13)19-24-21-26(25-19)14(2)18(28-21)11-12-23-20(27)16-7-9-17(22)10-8-16/h3-10H,11-12H2,1-2H3,(H,23,27). The lowest BCUT2D eigenvalue weighted by Gasteiger charge is -2.05. The molecule has 0 radical (unpaired) electrons. The van der Waals surface area contributed by atoms with Crippen LogP contribution >= 0.6 is 27.3 Å². The van der Waals surface area contributed by atoms with Crippen LogP contribution < -0.4 is 5.32 Å². The number of aryl methyl sites for hydroxylation is 2. The lowest BCUT2D eigenvalue weighted by molar-refractivity contribution is 0.0954. The molecular formula is C21H19BrN4OS. The zero-order valence-electron chi connectivity index (χ0n) is 15.6. The Morgan fingerprint density at radius 3 is 2.50 bits per heavy atom. The van der Waals surface area contributed by atoms with Crippen molar-refractivity contribution >= 4 is 38.1 Å². The van der Waals surface area contributed by atoms with E-state index in [0.29, 0.717) is 12.1 Å². The van der Waals surface area contributed by atoms with Crippen LogP contribution in [0.2, 0.25) is 0 Å². The van der Waals surface area contributed by atoms with Gasteiger partial charge in [0.05, 0.1) is 5.69 Å². The second-order valence-electron chi connectivity index (χ2n) is 6.62. The predicted octanol–water partition coefficient (Wildman–Crippen LogP) is 4.81. The molecule has 4 rings (SSSR count). The van der Waals surface area contributed by atoms with Gasteiger partial charge in [0.15, 0.2) is 5.82 Å². The predicted molar refractivity (Wildman–Crippen MR) is 116 cm³/mol. The highest BCUT2D eigenvalue weighted by Crippen LogP contribution is 2.25. The van der Waals surface area contributed by atoms with Gasteiger partial charge >= 0.3 is 0 Å². The Balaban J connectivity index is 1.44. The van der Waals surface area contributed by atoms with Gasteiger partial charge in [-0.25, -0.2) is 4.52 Å². The summed E-state index contributed by atoms with van der Waals surface area (Å²) in [7, 11) is 0. The average Bonchev–Trinajstić information content (AvgIpc) is 3.23. The van der Waals surface area contributed by atoms with Gasteiger partial charge in [-0.3, -0.25) is 4.79 Å². The van der Waals surface area contributed by atoms with E-state index in [2.05, 4.69) is 50.4 Å². The van der Waals surface area contributed by atoms with E-state index in [0.717, 1.165) is 32.9 Å². The van der Waals surface area contributed by atoms with Crippen LogP contribution in [0.4, 0.5) is 0 Å². The Bertz CT molecular complexity index is 1130. The molecule has 0 aliphatic heterocycles. The van der Waals surface area contributed by atoms with E-state index in [1.54, 1.807) is 23.5 Å². The molecule has 0 spiro atoms. The van der Waals surface area contributed by atoms with Gasteiger partial charge in [0.25, 0.3) is 5.91 Å². The lowest BCUT2D eigenvalue weighted by atomic mass is 10.1. The second-order valence-corrected chi connectivity index (χ2v) is 8.60. The van der Waals surface area contributed by atoms with Crippen molar-refractivity contribution in [3.05, 3.63) is 74.7 Å². The zero-order valence-corrected chi connectivity index (χ0v) is 18.0. The molecule has 1 amide bonds. The number of halogens is 1. The average molecular weight is 455 g/mol. The fourth-order valence-corrected chi connectivity index (χ4v) is 4.25. The topological polar surface area (TPSA) is 59.3 Å². The number of nitrogens with one attached hydrogen (secondary N) is 1. The number of hydrogen-bond donors (Lipinski definition) is 1. The smallest absolute Gasteiger partial charge is 0.251 e. The highest BCUT2D eigenvalue weighted by Gasteiger charge is 2.14. The monoisotopic (exact) mass is 454 g/mol. The van der Waals surface area contributed by atoms with Crippen molar-refractivity contribution in [1.29, 1.82) is 0 Å². The molecule has 0 bridgehead atoms. The number of fused-ring (bicyclic) bond motifs is 1. The fourth-order valence-electron chi connectivity index (χ4n) is 2.93. The van der Waals surface area contributed by atoms with Crippen LogP contribution in [0.5, 0.6) is 0 Å². The van der Waals surface area contributed by atoms with Crippen molar-refractivity contribution < 1.29 is 4.79 Å². The number of thiazole rings is 1. The molecule has 0 fully saturated rings. The Morgan fingerprint density at radius 2 is 1.82 bits per heavy atom. The van der Waals surface area contributed by atoms with Crippen molar-refractivity contribution in [2.45, 2.75) is 20.3 Å². The first-order chi connectivity index (χ1) is 13.5. The molecule has 0 aliphatic carbocycles. The highest BCUT2D eigenvalue weighted by atomic mass is 79.9. The SMILES string of the molecule is Cc1ccc(-c2nc3sc(CCNC(=O)c4ccc(Br)cc4)c(C)n3n2)cc1. The molecule has 0 atom stereocenters. The number of hydrogen-bond acceptors (Lipinski definition) is 4. The largest absolute Gasteiger partial charge is 0.352 e. The number of carbonyl (C=O) groups excluding carboxylic acids is 1. The van der Waals surface area contributed by atoms with E-state index >= 15 is 0 Å². The molecule has 2 aromatic carbocycles. The first-order valence-electron chi connectivity index (χ1n) is 8.97. The van der Waals surface area contributed by atoms with Crippen LogP contribution in [-0.4, -0.2) is 27.0 Å². The molecule has 0 unspecified atom stereocenters. The lowest BCUT2D eigenvalue weighted by Crippen LogP contribution is -2.25. The van der Waals surface area contributed by atoms with Crippen molar-refractivity contribution in [3.8, 4) is 11.4 Å². The molecule has 2 heterocycles. The molecule has 5 nitrogen and oxygen atoms in total. The number of aromatic nitrogens is 3. The third kappa shape index (κ3) is 3.86. The summed E-state index contributed by atoms with van der Waals surface area (Å²) in [6, 6.07) is 15.6. The van der Waals surface area contributed by atoms with E-state index in [1.165, 1.54) is 10.4 Å². The number of amides is 1. The van der Waals surface area contributed by atoms with Gasteiger partial charge in [-0.1, -0.05) is 57.1 Å². The van der Waals surface area contributed by atoms with Crippen molar-refractivity contribution in [3.63, 3.8) is 0 Å². The van der Waals surface area contributed by atoms with Gasteiger partial charge in [0.2, 0.25) is 4.96 Å².